The predicted molar refractivity (Wildman–Crippen MR) is 120 cm³/mol. The molecule has 3 rings (SSSR count). The molecule has 2 nitrogen and oxygen atoms in total. The molecule has 0 fully saturated rings. The highest BCUT2D eigenvalue weighted by Gasteiger charge is 2.07. The first-order chi connectivity index (χ1) is 14.2. The molecule has 3 aromatic rings. The van der Waals surface area contributed by atoms with E-state index in [0.29, 0.717) is 5.56 Å². The summed E-state index contributed by atoms with van der Waals surface area (Å²) < 4.78 is 14.3. The van der Waals surface area contributed by atoms with Crippen molar-refractivity contribution in [1.82, 2.24) is 4.98 Å². The Kier molecular flexibility index (Phi) is 7.41. The van der Waals surface area contributed by atoms with E-state index < -0.39 is 5.82 Å². The Hall–Kier alpha value is -3.12. The van der Waals surface area contributed by atoms with Crippen LogP contribution in [0.15, 0.2) is 65.8 Å². The summed E-state index contributed by atoms with van der Waals surface area (Å²) in [5.74, 6) is 6.15. The summed E-state index contributed by atoms with van der Waals surface area (Å²) in [6, 6.07) is 17.1. The lowest BCUT2D eigenvalue weighted by atomic mass is 10.0. The molecule has 0 spiro atoms. The van der Waals surface area contributed by atoms with Gasteiger partial charge < -0.3 is 0 Å². The molecule has 0 atom stereocenters. The van der Waals surface area contributed by atoms with Gasteiger partial charge in [0, 0.05) is 29.0 Å². The van der Waals surface area contributed by atoms with Crippen LogP contribution in [0.5, 0.6) is 0 Å². The van der Waals surface area contributed by atoms with Crippen molar-refractivity contribution in [1.29, 1.82) is 0 Å². The zero-order valence-corrected chi connectivity index (χ0v) is 17.1. The maximum atomic E-state index is 14.3. The van der Waals surface area contributed by atoms with Crippen molar-refractivity contribution in [3.05, 3.63) is 83.3 Å². The monoisotopic (exact) mass is 400 g/mol. The first-order valence-electron chi connectivity index (χ1n) is 9.64. The van der Waals surface area contributed by atoms with E-state index in [4.69, 9.17) is 0 Å². The summed E-state index contributed by atoms with van der Waals surface area (Å²) in [5.41, 5.74) is 4.35. The Bertz CT molecular complexity index is 1070. The molecular formula is C25H21FN2S. The smallest absolute Gasteiger partial charge is 0.165 e. The molecule has 0 saturated heterocycles. The summed E-state index contributed by atoms with van der Waals surface area (Å²) in [4.78, 5) is 7.76. The number of rotatable bonds is 6. The minimum absolute atomic E-state index is 0.208. The molecular weight excluding hydrogens is 379 g/mol. The van der Waals surface area contributed by atoms with Crippen LogP contribution >= 0.6 is 12.2 Å². The Morgan fingerprint density at radius 1 is 0.966 bits per heavy atom. The van der Waals surface area contributed by atoms with Crippen LogP contribution in [0.25, 0.3) is 11.1 Å². The third-order valence-electron chi connectivity index (χ3n) is 4.57. The molecule has 0 radical (unpaired) electrons. The number of benzene rings is 2. The number of aryl methyl sites for hydroxylation is 1. The summed E-state index contributed by atoms with van der Waals surface area (Å²) >= 11 is 4.51. The summed E-state index contributed by atoms with van der Waals surface area (Å²) in [7, 11) is 0. The number of hydrogen-bond acceptors (Lipinski definition) is 3. The minimum atomic E-state index is -0.401. The SMILES string of the molecule is CCCCCc1ccc(C#Cc2ccc(-c3cnc(N=C=S)cc3F)cc2)cc1. The zero-order chi connectivity index (χ0) is 20.5. The number of hydrogen-bond donors (Lipinski definition) is 0. The minimum Gasteiger partial charge on any atom is -0.236 e. The van der Waals surface area contributed by atoms with Crippen molar-refractivity contribution in [3.63, 3.8) is 0 Å². The lowest BCUT2D eigenvalue weighted by molar-refractivity contribution is 0.629. The highest BCUT2D eigenvalue weighted by atomic mass is 32.1. The second-order valence-corrected chi connectivity index (χ2v) is 6.89. The molecule has 0 aliphatic carbocycles. The normalized spacial score (nSPS) is 10.0. The summed E-state index contributed by atoms with van der Waals surface area (Å²) in [6.45, 7) is 2.21. The van der Waals surface area contributed by atoms with Crippen molar-refractivity contribution < 1.29 is 4.39 Å². The molecule has 2 aromatic carbocycles. The molecule has 0 unspecified atom stereocenters. The number of unbranched alkanes of at least 4 members (excludes halogenated alkanes) is 2. The van der Waals surface area contributed by atoms with Crippen LogP contribution in [0.4, 0.5) is 10.2 Å². The molecule has 1 heterocycles. The van der Waals surface area contributed by atoms with Crippen molar-refractivity contribution >= 4 is 23.2 Å². The largest absolute Gasteiger partial charge is 0.236 e. The number of aromatic nitrogens is 1. The van der Waals surface area contributed by atoms with E-state index in [1.165, 1.54) is 37.1 Å². The molecule has 29 heavy (non-hydrogen) atoms. The van der Waals surface area contributed by atoms with E-state index >= 15 is 0 Å². The van der Waals surface area contributed by atoms with E-state index in [1.54, 1.807) is 0 Å². The lowest BCUT2D eigenvalue weighted by Crippen LogP contribution is -1.87. The molecule has 0 bridgehead atoms. The predicted octanol–water partition coefficient (Wildman–Crippen LogP) is 6.75. The molecule has 144 valence electrons. The van der Waals surface area contributed by atoms with Crippen LogP contribution < -0.4 is 0 Å². The molecule has 0 aliphatic heterocycles. The maximum Gasteiger partial charge on any atom is 0.165 e. The Morgan fingerprint density at radius 2 is 1.62 bits per heavy atom. The van der Waals surface area contributed by atoms with Gasteiger partial charge in [-0.3, -0.25) is 0 Å². The first kappa shape index (κ1) is 20.6. The van der Waals surface area contributed by atoms with Gasteiger partial charge in [0.2, 0.25) is 0 Å². The number of halogens is 1. The van der Waals surface area contributed by atoms with Crippen molar-refractivity contribution in [3.8, 4) is 23.0 Å². The Morgan fingerprint density at radius 3 is 2.21 bits per heavy atom. The van der Waals surface area contributed by atoms with Crippen LogP contribution in [-0.4, -0.2) is 10.1 Å². The zero-order valence-electron chi connectivity index (χ0n) is 16.3. The second-order valence-electron chi connectivity index (χ2n) is 6.71. The van der Waals surface area contributed by atoms with Gasteiger partial charge in [0.1, 0.15) is 5.82 Å². The molecule has 0 saturated carbocycles. The first-order valence-corrected chi connectivity index (χ1v) is 10.0. The van der Waals surface area contributed by atoms with Gasteiger partial charge in [-0.15, -0.1) is 0 Å². The van der Waals surface area contributed by atoms with Crippen LogP contribution in [0.3, 0.4) is 0 Å². The molecule has 0 N–H and O–H groups in total. The van der Waals surface area contributed by atoms with Crippen LogP contribution in [0, 0.1) is 17.7 Å². The van der Waals surface area contributed by atoms with Crippen molar-refractivity contribution in [2.24, 2.45) is 4.99 Å². The third kappa shape index (κ3) is 5.93. The van der Waals surface area contributed by atoms with Gasteiger partial charge in [-0.05, 0) is 60.5 Å². The standard InChI is InChI=1S/C25H21FN2S/c1-2-3-4-5-19-6-8-20(9-7-19)10-11-21-12-14-22(15-13-21)23-17-27-25(28-18-29)16-24(23)26/h6-9,12-17H,2-5H2,1H3. The number of aliphatic imine (C=N–C) groups is 1. The van der Waals surface area contributed by atoms with Gasteiger partial charge >= 0.3 is 0 Å². The van der Waals surface area contributed by atoms with E-state index in [2.05, 4.69) is 70.4 Å². The Balaban J connectivity index is 1.69. The summed E-state index contributed by atoms with van der Waals surface area (Å²) in [5, 5.41) is 2.18. The number of nitrogens with zero attached hydrogens (tertiary/aromatic N) is 2. The lowest BCUT2D eigenvalue weighted by Gasteiger charge is -2.03. The second kappa shape index (κ2) is 10.4. The van der Waals surface area contributed by atoms with E-state index in [0.717, 1.165) is 23.1 Å². The molecule has 4 heteroatoms. The van der Waals surface area contributed by atoms with E-state index in [1.807, 2.05) is 24.3 Å². The number of isothiocyanates is 1. The Labute approximate surface area is 176 Å². The van der Waals surface area contributed by atoms with E-state index in [9.17, 15) is 4.39 Å². The van der Waals surface area contributed by atoms with Gasteiger partial charge in [0.05, 0.1) is 5.16 Å². The van der Waals surface area contributed by atoms with Gasteiger partial charge in [-0.2, -0.15) is 4.99 Å². The van der Waals surface area contributed by atoms with Crippen LogP contribution in [0.1, 0.15) is 42.9 Å². The average Bonchev–Trinajstić information content (AvgIpc) is 2.74. The third-order valence-corrected chi connectivity index (χ3v) is 4.66. The van der Waals surface area contributed by atoms with Gasteiger partial charge in [-0.1, -0.05) is 55.9 Å². The highest BCUT2D eigenvalue weighted by Crippen LogP contribution is 2.24. The van der Waals surface area contributed by atoms with Crippen LogP contribution in [-0.2, 0) is 6.42 Å². The van der Waals surface area contributed by atoms with Gasteiger partial charge in [-0.25, -0.2) is 9.37 Å². The quantitative estimate of drug-likeness (QED) is 0.198. The fourth-order valence-corrected chi connectivity index (χ4v) is 3.05. The maximum absolute atomic E-state index is 14.3. The number of pyridine rings is 1. The molecule has 0 aliphatic rings. The fraction of sp³-hybridized carbons (Fsp3) is 0.200. The van der Waals surface area contributed by atoms with E-state index in [-0.39, 0.29) is 5.82 Å². The summed E-state index contributed by atoms with van der Waals surface area (Å²) in [6.07, 6.45) is 6.30. The van der Waals surface area contributed by atoms with Crippen molar-refractivity contribution in [2.45, 2.75) is 32.6 Å². The fourth-order valence-electron chi connectivity index (χ4n) is 2.95. The van der Waals surface area contributed by atoms with Gasteiger partial charge in [0.25, 0.3) is 0 Å². The van der Waals surface area contributed by atoms with Gasteiger partial charge in [0.15, 0.2) is 5.82 Å². The highest BCUT2D eigenvalue weighted by molar-refractivity contribution is 7.78. The molecule has 0 amide bonds. The molecule has 1 aromatic heterocycles. The number of thiocarbonyl (C=S) groups is 1. The average molecular weight is 401 g/mol. The van der Waals surface area contributed by atoms with Crippen molar-refractivity contribution in [2.75, 3.05) is 0 Å². The van der Waals surface area contributed by atoms with Crippen LogP contribution in [0.2, 0.25) is 0 Å². The topological polar surface area (TPSA) is 25.2 Å².